The number of hydrogen-bond acceptors (Lipinski definition) is 4. The lowest BCUT2D eigenvalue weighted by molar-refractivity contribution is 0.483. The first kappa shape index (κ1) is 13.2. The maximum Gasteiger partial charge on any atom is 0.294 e. The van der Waals surface area contributed by atoms with Crippen molar-refractivity contribution in [3.8, 4) is 10.6 Å². The minimum atomic E-state index is -4.18. The molecule has 0 atom stereocenters. The normalized spacial score (nSPS) is 11.9. The average Bonchev–Trinajstić information content (AvgIpc) is 2.81. The van der Waals surface area contributed by atoms with Crippen molar-refractivity contribution >= 4 is 31.7 Å². The Morgan fingerprint density at radius 2 is 1.80 bits per heavy atom. The number of fused-ring (bicyclic) bond motifs is 1. The van der Waals surface area contributed by atoms with Crippen molar-refractivity contribution in [3.63, 3.8) is 0 Å². The molecule has 3 aromatic rings. The first-order chi connectivity index (χ1) is 9.43. The Bertz CT molecular complexity index is 880. The van der Waals surface area contributed by atoms with Gasteiger partial charge < -0.3 is 0 Å². The Morgan fingerprint density at radius 3 is 2.45 bits per heavy atom. The summed E-state index contributed by atoms with van der Waals surface area (Å²) in [5.41, 5.74) is 2.88. The van der Waals surface area contributed by atoms with Gasteiger partial charge in [-0.2, -0.15) is 8.42 Å². The van der Waals surface area contributed by atoms with Crippen LogP contribution in [-0.4, -0.2) is 18.0 Å². The van der Waals surface area contributed by atoms with Gasteiger partial charge in [0.15, 0.2) is 0 Å². The fraction of sp³-hybridized carbons (Fsp3) is 0.0714. The second-order valence-corrected chi connectivity index (χ2v) is 6.94. The summed E-state index contributed by atoms with van der Waals surface area (Å²) in [6, 6.07) is 12.4. The van der Waals surface area contributed by atoms with E-state index in [4.69, 9.17) is 4.55 Å². The number of aromatic nitrogens is 1. The molecule has 20 heavy (non-hydrogen) atoms. The summed E-state index contributed by atoms with van der Waals surface area (Å²) < 4.78 is 32.1. The zero-order valence-corrected chi connectivity index (χ0v) is 12.2. The van der Waals surface area contributed by atoms with Crippen molar-refractivity contribution in [1.82, 2.24) is 4.98 Å². The van der Waals surface area contributed by atoms with Crippen LogP contribution in [0.4, 0.5) is 0 Å². The van der Waals surface area contributed by atoms with Crippen LogP contribution < -0.4 is 0 Å². The van der Waals surface area contributed by atoms with E-state index in [9.17, 15) is 8.42 Å². The number of aryl methyl sites for hydroxylation is 1. The zero-order chi connectivity index (χ0) is 14.3. The number of benzene rings is 2. The summed E-state index contributed by atoms with van der Waals surface area (Å²) in [6.07, 6.45) is 0. The van der Waals surface area contributed by atoms with Gasteiger partial charge in [0.05, 0.1) is 15.1 Å². The van der Waals surface area contributed by atoms with Crippen LogP contribution in [0.15, 0.2) is 47.4 Å². The van der Waals surface area contributed by atoms with Crippen molar-refractivity contribution < 1.29 is 13.0 Å². The van der Waals surface area contributed by atoms with Crippen molar-refractivity contribution in [3.05, 3.63) is 48.0 Å². The second kappa shape index (κ2) is 4.66. The van der Waals surface area contributed by atoms with Crippen LogP contribution in [0.1, 0.15) is 5.56 Å². The van der Waals surface area contributed by atoms with Crippen molar-refractivity contribution in [2.45, 2.75) is 11.8 Å². The summed E-state index contributed by atoms with van der Waals surface area (Å²) in [6.45, 7) is 2.01. The van der Waals surface area contributed by atoms with Gasteiger partial charge in [-0.3, -0.25) is 4.55 Å². The molecule has 3 rings (SSSR count). The molecular formula is C14H11NO3S2. The van der Waals surface area contributed by atoms with E-state index in [2.05, 4.69) is 4.98 Å². The van der Waals surface area contributed by atoms with Gasteiger partial charge in [-0.05, 0) is 25.1 Å². The Balaban J connectivity index is 2.13. The SMILES string of the molecule is Cc1ccc(-c2nc3ccc(S(=O)(=O)O)cc3s2)cc1. The molecule has 2 aromatic carbocycles. The Labute approximate surface area is 120 Å². The maximum absolute atomic E-state index is 11.1. The Kier molecular flexibility index (Phi) is 3.08. The highest BCUT2D eigenvalue weighted by atomic mass is 32.2. The molecule has 0 aliphatic carbocycles. The molecule has 1 N–H and O–H groups in total. The molecule has 0 aliphatic heterocycles. The fourth-order valence-corrected chi connectivity index (χ4v) is 3.48. The number of rotatable bonds is 2. The van der Waals surface area contributed by atoms with Crippen molar-refractivity contribution in [2.75, 3.05) is 0 Å². The topological polar surface area (TPSA) is 67.3 Å². The number of hydrogen-bond donors (Lipinski definition) is 1. The van der Waals surface area contributed by atoms with Crippen LogP contribution in [0.25, 0.3) is 20.8 Å². The predicted molar refractivity (Wildman–Crippen MR) is 79.6 cm³/mol. The minimum absolute atomic E-state index is 0.107. The standard InChI is InChI=1S/C14H11NO3S2/c1-9-2-4-10(5-3-9)14-15-12-7-6-11(20(16,17)18)8-13(12)19-14/h2-8H,1H3,(H,16,17,18). The van der Waals surface area contributed by atoms with E-state index in [-0.39, 0.29) is 4.90 Å². The molecule has 0 unspecified atom stereocenters. The smallest absolute Gasteiger partial charge is 0.282 e. The molecule has 0 aliphatic rings. The van der Waals surface area contributed by atoms with Gasteiger partial charge in [0.1, 0.15) is 5.01 Å². The molecule has 0 saturated carbocycles. The molecule has 0 saturated heterocycles. The van der Waals surface area contributed by atoms with Gasteiger partial charge in [-0.25, -0.2) is 4.98 Å². The molecule has 0 amide bonds. The van der Waals surface area contributed by atoms with Gasteiger partial charge >= 0.3 is 0 Å². The third kappa shape index (κ3) is 2.45. The third-order valence-corrected chi connectivity index (χ3v) is 4.87. The lowest BCUT2D eigenvalue weighted by Crippen LogP contribution is -1.96. The first-order valence-corrected chi connectivity index (χ1v) is 8.14. The highest BCUT2D eigenvalue weighted by molar-refractivity contribution is 7.85. The van der Waals surface area contributed by atoms with Crippen LogP contribution in [0.5, 0.6) is 0 Å². The number of nitrogens with zero attached hydrogens (tertiary/aromatic N) is 1. The molecule has 1 heterocycles. The molecule has 4 nitrogen and oxygen atoms in total. The molecular weight excluding hydrogens is 294 g/mol. The maximum atomic E-state index is 11.1. The summed E-state index contributed by atoms with van der Waals surface area (Å²) >= 11 is 1.40. The lowest BCUT2D eigenvalue weighted by atomic mass is 10.2. The van der Waals surface area contributed by atoms with Gasteiger partial charge in [-0.1, -0.05) is 29.8 Å². The molecule has 0 fully saturated rings. The highest BCUT2D eigenvalue weighted by Gasteiger charge is 2.12. The van der Waals surface area contributed by atoms with Crippen LogP contribution in [-0.2, 0) is 10.1 Å². The zero-order valence-electron chi connectivity index (χ0n) is 10.6. The first-order valence-electron chi connectivity index (χ1n) is 5.88. The van der Waals surface area contributed by atoms with Crippen LogP contribution in [0.2, 0.25) is 0 Å². The molecule has 0 radical (unpaired) electrons. The van der Waals surface area contributed by atoms with Gasteiger partial charge in [-0.15, -0.1) is 11.3 Å². The quantitative estimate of drug-likeness (QED) is 0.736. The summed E-state index contributed by atoms with van der Waals surface area (Å²) in [5, 5.41) is 0.826. The van der Waals surface area contributed by atoms with Gasteiger partial charge in [0.25, 0.3) is 10.1 Å². The predicted octanol–water partition coefficient (Wildman–Crippen LogP) is 3.52. The van der Waals surface area contributed by atoms with Gasteiger partial charge in [0.2, 0.25) is 0 Å². The lowest BCUT2D eigenvalue weighted by Gasteiger charge is -1.95. The molecule has 6 heteroatoms. The van der Waals surface area contributed by atoms with E-state index >= 15 is 0 Å². The van der Waals surface area contributed by atoms with Crippen LogP contribution in [0.3, 0.4) is 0 Å². The largest absolute Gasteiger partial charge is 0.294 e. The average molecular weight is 305 g/mol. The van der Waals surface area contributed by atoms with E-state index in [0.29, 0.717) is 0 Å². The molecule has 1 aromatic heterocycles. The van der Waals surface area contributed by atoms with Crippen LogP contribution >= 0.6 is 11.3 Å². The Hall–Kier alpha value is -1.76. The van der Waals surface area contributed by atoms with E-state index in [1.165, 1.54) is 29.0 Å². The van der Waals surface area contributed by atoms with Crippen LogP contribution in [0, 0.1) is 6.92 Å². The minimum Gasteiger partial charge on any atom is -0.282 e. The molecule has 102 valence electrons. The molecule has 0 spiro atoms. The number of thiazole rings is 1. The van der Waals surface area contributed by atoms with E-state index in [1.807, 2.05) is 31.2 Å². The highest BCUT2D eigenvalue weighted by Crippen LogP contribution is 2.31. The van der Waals surface area contributed by atoms with E-state index in [1.54, 1.807) is 6.07 Å². The van der Waals surface area contributed by atoms with Gasteiger partial charge in [0, 0.05) is 5.56 Å². The third-order valence-electron chi connectivity index (χ3n) is 2.96. The molecule has 0 bridgehead atoms. The monoisotopic (exact) mass is 305 g/mol. The van der Waals surface area contributed by atoms with Crippen molar-refractivity contribution in [2.24, 2.45) is 0 Å². The summed E-state index contributed by atoms with van der Waals surface area (Å²) in [4.78, 5) is 4.37. The fourth-order valence-electron chi connectivity index (χ4n) is 1.89. The Morgan fingerprint density at radius 1 is 1.10 bits per heavy atom. The van der Waals surface area contributed by atoms with Crippen molar-refractivity contribution in [1.29, 1.82) is 0 Å². The summed E-state index contributed by atoms with van der Waals surface area (Å²) in [7, 11) is -4.18. The van der Waals surface area contributed by atoms with E-state index < -0.39 is 10.1 Å². The summed E-state index contributed by atoms with van der Waals surface area (Å²) in [5.74, 6) is 0. The second-order valence-electron chi connectivity index (χ2n) is 4.49. The van der Waals surface area contributed by atoms with E-state index in [0.717, 1.165) is 20.8 Å².